The van der Waals surface area contributed by atoms with Crippen LogP contribution in [0.3, 0.4) is 0 Å². The first kappa shape index (κ1) is 11.6. The zero-order chi connectivity index (χ0) is 11.4. The number of hydrogen-bond donors (Lipinski definition) is 0. The highest BCUT2D eigenvalue weighted by molar-refractivity contribution is 7.92. The fourth-order valence-corrected chi connectivity index (χ4v) is 2.66. The lowest BCUT2D eigenvalue weighted by Crippen LogP contribution is -2.54. The summed E-state index contributed by atoms with van der Waals surface area (Å²) in [6.45, 7) is -2.76. The summed E-state index contributed by atoms with van der Waals surface area (Å²) in [5.41, 5.74) is -4.96. The maximum absolute atomic E-state index is 12.8. The SMILES string of the molecule is O=S1(=O)CC(F)(F)C(F)(CF)C1(F)F. The summed E-state index contributed by atoms with van der Waals surface area (Å²) in [7, 11) is -5.65. The van der Waals surface area contributed by atoms with Gasteiger partial charge in [-0.25, -0.2) is 26.0 Å². The van der Waals surface area contributed by atoms with Crippen LogP contribution in [0, 0.1) is 0 Å². The lowest BCUT2D eigenvalue weighted by Gasteiger charge is -2.26. The van der Waals surface area contributed by atoms with Gasteiger partial charge in [-0.05, 0) is 0 Å². The van der Waals surface area contributed by atoms with Crippen molar-refractivity contribution in [1.82, 2.24) is 0 Å². The van der Waals surface area contributed by atoms with Crippen LogP contribution in [-0.2, 0) is 9.84 Å². The molecule has 0 aromatic rings. The first-order chi connectivity index (χ1) is 6.02. The minimum atomic E-state index is -5.65. The van der Waals surface area contributed by atoms with E-state index in [1.807, 2.05) is 0 Å². The van der Waals surface area contributed by atoms with Gasteiger partial charge in [-0.15, -0.1) is 0 Å². The molecule has 0 N–H and O–H groups in total. The fraction of sp³-hybridized carbons (Fsp3) is 1.00. The lowest BCUT2D eigenvalue weighted by atomic mass is 10.0. The van der Waals surface area contributed by atoms with Crippen LogP contribution < -0.4 is 0 Å². The van der Waals surface area contributed by atoms with Crippen molar-refractivity contribution in [1.29, 1.82) is 0 Å². The zero-order valence-electron chi connectivity index (χ0n) is 6.41. The molecule has 0 amide bonds. The fourth-order valence-electron chi connectivity index (χ4n) is 1.08. The van der Waals surface area contributed by atoms with Crippen LogP contribution in [0.4, 0.5) is 26.3 Å². The van der Waals surface area contributed by atoms with Crippen molar-refractivity contribution in [2.24, 2.45) is 0 Å². The highest BCUT2D eigenvalue weighted by atomic mass is 32.2. The van der Waals surface area contributed by atoms with E-state index in [4.69, 9.17) is 0 Å². The van der Waals surface area contributed by atoms with Gasteiger partial charge in [0.15, 0.2) is 0 Å². The molecule has 0 saturated carbocycles. The van der Waals surface area contributed by atoms with E-state index in [9.17, 15) is 34.8 Å². The molecular formula is C5H4F6O2S. The van der Waals surface area contributed by atoms with Gasteiger partial charge >= 0.3 is 11.2 Å². The Morgan fingerprint density at radius 2 is 1.50 bits per heavy atom. The Morgan fingerprint density at radius 1 is 1.07 bits per heavy atom. The number of halogens is 6. The molecule has 1 atom stereocenters. The van der Waals surface area contributed by atoms with E-state index in [0.29, 0.717) is 0 Å². The Bertz CT molecular complexity index is 349. The van der Waals surface area contributed by atoms with Gasteiger partial charge in [-0.1, -0.05) is 0 Å². The molecule has 0 aromatic carbocycles. The summed E-state index contributed by atoms with van der Waals surface area (Å²) in [5, 5.41) is -5.39. The largest absolute Gasteiger partial charge is 0.387 e. The van der Waals surface area contributed by atoms with Gasteiger partial charge in [0, 0.05) is 0 Å². The minimum absolute atomic E-state index is 2.38. The van der Waals surface area contributed by atoms with Crippen molar-refractivity contribution in [2.75, 3.05) is 12.4 Å². The highest BCUT2D eigenvalue weighted by Crippen LogP contribution is 2.54. The van der Waals surface area contributed by atoms with Crippen molar-refractivity contribution in [3.8, 4) is 0 Å². The summed E-state index contributed by atoms with van der Waals surface area (Å²) < 4.78 is 95.7. The van der Waals surface area contributed by atoms with E-state index in [1.165, 1.54) is 0 Å². The van der Waals surface area contributed by atoms with Gasteiger partial charge in [0.1, 0.15) is 12.4 Å². The molecule has 1 heterocycles. The molecule has 1 unspecified atom stereocenters. The molecule has 2 nitrogen and oxygen atoms in total. The second-order valence-corrected chi connectivity index (χ2v) is 4.95. The quantitative estimate of drug-likeness (QED) is 0.650. The van der Waals surface area contributed by atoms with E-state index in [0.717, 1.165) is 0 Å². The summed E-state index contributed by atoms with van der Waals surface area (Å²) >= 11 is 0. The summed E-state index contributed by atoms with van der Waals surface area (Å²) in [6.07, 6.45) is 0. The number of rotatable bonds is 1. The molecule has 1 fully saturated rings. The molecule has 0 radical (unpaired) electrons. The Morgan fingerprint density at radius 3 is 1.64 bits per heavy atom. The smallest absolute Gasteiger partial charge is 0.247 e. The predicted octanol–water partition coefficient (Wildman–Crippen LogP) is 1.32. The van der Waals surface area contributed by atoms with E-state index in [1.54, 1.807) is 0 Å². The third-order valence-corrected chi connectivity index (χ3v) is 3.83. The molecular weight excluding hydrogens is 238 g/mol. The molecule has 9 heteroatoms. The van der Waals surface area contributed by atoms with Gasteiger partial charge in [0.2, 0.25) is 9.84 Å². The Labute approximate surface area is 74.8 Å². The third kappa shape index (κ3) is 1.01. The number of sulfone groups is 1. The monoisotopic (exact) mass is 242 g/mol. The predicted molar refractivity (Wildman–Crippen MR) is 33.5 cm³/mol. The molecule has 0 bridgehead atoms. The lowest BCUT2D eigenvalue weighted by molar-refractivity contribution is -0.193. The molecule has 14 heavy (non-hydrogen) atoms. The van der Waals surface area contributed by atoms with Gasteiger partial charge in [0.05, 0.1) is 0 Å². The van der Waals surface area contributed by atoms with Crippen molar-refractivity contribution in [3.63, 3.8) is 0 Å². The van der Waals surface area contributed by atoms with Crippen LogP contribution in [0.5, 0.6) is 0 Å². The van der Waals surface area contributed by atoms with Crippen molar-refractivity contribution < 1.29 is 34.8 Å². The van der Waals surface area contributed by atoms with Crippen LogP contribution in [0.25, 0.3) is 0 Å². The summed E-state index contributed by atoms with van der Waals surface area (Å²) in [4.78, 5) is 0. The Balaban J connectivity index is 3.44. The maximum atomic E-state index is 12.8. The molecule has 1 rings (SSSR count). The highest BCUT2D eigenvalue weighted by Gasteiger charge is 2.82. The maximum Gasteiger partial charge on any atom is 0.387 e. The zero-order valence-corrected chi connectivity index (χ0v) is 7.22. The summed E-state index contributed by atoms with van der Waals surface area (Å²) in [5.74, 6) is -7.29. The van der Waals surface area contributed by atoms with Crippen molar-refractivity contribution >= 4 is 9.84 Å². The molecule has 1 saturated heterocycles. The van der Waals surface area contributed by atoms with Gasteiger partial charge < -0.3 is 0 Å². The first-order valence-corrected chi connectivity index (χ1v) is 4.90. The summed E-state index contributed by atoms with van der Waals surface area (Å²) in [6, 6.07) is 0. The van der Waals surface area contributed by atoms with Crippen LogP contribution in [0.2, 0.25) is 0 Å². The average Bonchev–Trinajstić information content (AvgIpc) is 2.07. The number of alkyl halides is 6. The topological polar surface area (TPSA) is 34.1 Å². The van der Waals surface area contributed by atoms with Gasteiger partial charge in [-0.3, -0.25) is 0 Å². The van der Waals surface area contributed by atoms with Gasteiger partial charge in [0.25, 0.3) is 5.67 Å². The van der Waals surface area contributed by atoms with E-state index in [2.05, 4.69) is 0 Å². The van der Waals surface area contributed by atoms with Crippen molar-refractivity contribution in [3.05, 3.63) is 0 Å². The molecule has 84 valence electrons. The van der Waals surface area contributed by atoms with Gasteiger partial charge in [-0.2, -0.15) is 8.78 Å². The van der Waals surface area contributed by atoms with E-state index >= 15 is 0 Å². The van der Waals surface area contributed by atoms with Crippen LogP contribution in [0.1, 0.15) is 0 Å². The molecule has 0 aromatic heterocycles. The first-order valence-electron chi connectivity index (χ1n) is 3.25. The standard InChI is InChI=1S/C5H4F6O2S/c6-1-3(7)4(8,9)2-14(12,13)5(3,10)11/h1-2H2. The van der Waals surface area contributed by atoms with Crippen molar-refractivity contribution in [2.45, 2.75) is 16.8 Å². The minimum Gasteiger partial charge on any atom is -0.247 e. The Kier molecular flexibility index (Phi) is 2.12. The van der Waals surface area contributed by atoms with Crippen LogP contribution >= 0.6 is 0 Å². The molecule has 1 aliphatic rings. The Hall–Kier alpha value is -0.470. The second-order valence-electron chi connectivity index (χ2n) is 2.92. The normalized spacial score (nSPS) is 38.4. The van der Waals surface area contributed by atoms with E-state index in [-0.39, 0.29) is 0 Å². The third-order valence-electron chi connectivity index (χ3n) is 1.99. The molecule has 0 aliphatic carbocycles. The molecule has 0 spiro atoms. The number of hydrogen-bond acceptors (Lipinski definition) is 2. The second kappa shape index (κ2) is 2.56. The average molecular weight is 242 g/mol. The van der Waals surface area contributed by atoms with Crippen LogP contribution in [-0.4, -0.2) is 37.7 Å². The molecule has 1 aliphatic heterocycles. The van der Waals surface area contributed by atoms with Crippen LogP contribution in [0.15, 0.2) is 0 Å². The van der Waals surface area contributed by atoms with E-state index < -0.39 is 39.1 Å².